The van der Waals surface area contributed by atoms with E-state index in [0.717, 1.165) is 24.3 Å². The zero-order valence-electron chi connectivity index (χ0n) is 17.8. The standard InChI is InChI=1S/C25H24ClN3O3/c1-32-23-12-7-19(26)17-22(23)24(30)27-20-8-10-21(11-9-20)28-13-15-29(16-14-28)25(31)18-5-3-2-4-6-18/h2-12,17H,13-16H2,1H3,(H,27,30). The van der Waals surface area contributed by atoms with Crippen LogP contribution in [-0.4, -0.2) is 50.0 Å². The molecule has 0 unspecified atom stereocenters. The molecule has 3 aromatic carbocycles. The van der Waals surface area contributed by atoms with Crippen molar-refractivity contribution in [3.05, 3.63) is 88.9 Å². The van der Waals surface area contributed by atoms with E-state index in [1.165, 1.54) is 7.11 Å². The van der Waals surface area contributed by atoms with Gasteiger partial charge in [-0.3, -0.25) is 9.59 Å². The molecule has 0 atom stereocenters. The van der Waals surface area contributed by atoms with Gasteiger partial charge in [0.25, 0.3) is 11.8 Å². The molecule has 1 fully saturated rings. The van der Waals surface area contributed by atoms with E-state index in [1.54, 1.807) is 18.2 Å². The van der Waals surface area contributed by atoms with E-state index < -0.39 is 0 Å². The summed E-state index contributed by atoms with van der Waals surface area (Å²) in [5.41, 5.74) is 2.83. The lowest BCUT2D eigenvalue weighted by molar-refractivity contribution is 0.0746. The summed E-state index contributed by atoms with van der Waals surface area (Å²) in [5, 5.41) is 3.35. The number of hydrogen-bond donors (Lipinski definition) is 1. The van der Waals surface area contributed by atoms with Gasteiger partial charge in [0.05, 0.1) is 12.7 Å². The Balaban J connectivity index is 1.36. The van der Waals surface area contributed by atoms with Crippen molar-refractivity contribution in [2.24, 2.45) is 0 Å². The smallest absolute Gasteiger partial charge is 0.259 e. The van der Waals surface area contributed by atoms with Gasteiger partial charge in [-0.25, -0.2) is 0 Å². The van der Waals surface area contributed by atoms with Crippen molar-refractivity contribution in [3.63, 3.8) is 0 Å². The molecule has 0 saturated carbocycles. The van der Waals surface area contributed by atoms with Crippen molar-refractivity contribution in [3.8, 4) is 5.75 Å². The molecule has 1 saturated heterocycles. The maximum absolute atomic E-state index is 12.7. The minimum atomic E-state index is -0.287. The second kappa shape index (κ2) is 9.75. The van der Waals surface area contributed by atoms with Crippen LogP contribution in [0.15, 0.2) is 72.8 Å². The first kappa shape index (κ1) is 21.7. The van der Waals surface area contributed by atoms with Crippen molar-refractivity contribution in [1.29, 1.82) is 0 Å². The zero-order chi connectivity index (χ0) is 22.5. The van der Waals surface area contributed by atoms with Crippen LogP contribution in [0.25, 0.3) is 0 Å². The maximum Gasteiger partial charge on any atom is 0.259 e. The lowest BCUT2D eigenvalue weighted by Gasteiger charge is -2.36. The van der Waals surface area contributed by atoms with E-state index in [0.29, 0.717) is 35.1 Å². The predicted octanol–water partition coefficient (Wildman–Crippen LogP) is 4.56. The van der Waals surface area contributed by atoms with Gasteiger partial charge >= 0.3 is 0 Å². The number of carbonyl (C=O) groups excluding carboxylic acids is 2. The first-order valence-electron chi connectivity index (χ1n) is 10.4. The molecule has 0 bridgehead atoms. The highest BCUT2D eigenvalue weighted by atomic mass is 35.5. The molecule has 1 aliphatic heterocycles. The van der Waals surface area contributed by atoms with E-state index in [-0.39, 0.29) is 11.8 Å². The lowest BCUT2D eigenvalue weighted by atomic mass is 10.1. The fourth-order valence-electron chi connectivity index (χ4n) is 3.74. The molecule has 3 aromatic rings. The Kier molecular flexibility index (Phi) is 6.61. The number of anilines is 2. The molecular formula is C25H24ClN3O3. The normalized spacial score (nSPS) is 13.6. The van der Waals surface area contributed by atoms with E-state index in [4.69, 9.17) is 16.3 Å². The predicted molar refractivity (Wildman–Crippen MR) is 127 cm³/mol. The number of rotatable bonds is 5. The summed E-state index contributed by atoms with van der Waals surface area (Å²) in [4.78, 5) is 29.4. The van der Waals surface area contributed by atoms with E-state index >= 15 is 0 Å². The molecule has 4 rings (SSSR count). The molecule has 6 nitrogen and oxygen atoms in total. The fraction of sp³-hybridized carbons (Fsp3) is 0.200. The van der Waals surface area contributed by atoms with Gasteiger partial charge < -0.3 is 19.9 Å². The van der Waals surface area contributed by atoms with Gasteiger partial charge in [-0.2, -0.15) is 0 Å². The average molecular weight is 450 g/mol. The van der Waals surface area contributed by atoms with Crippen LogP contribution in [0.1, 0.15) is 20.7 Å². The van der Waals surface area contributed by atoms with Gasteiger partial charge in [-0.05, 0) is 54.6 Å². The first-order chi connectivity index (χ1) is 15.5. The number of halogens is 1. The first-order valence-corrected chi connectivity index (χ1v) is 10.8. The summed E-state index contributed by atoms with van der Waals surface area (Å²) in [6.45, 7) is 2.84. The third-order valence-electron chi connectivity index (χ3n) is 5.48. The average Bonchev–Trinajstić information content (AvgIpc) is 2.84. The third-order valence-corrected chi connectivity index (χ3v) is 5.72. The van der Waals surface area contributed by atoms with Crippen molar-refractivity contribution in [1.82, 2.24) is 4.90 Å². The molecule has 0 spiro atoms. The molecule has 32 heavy (non-hydrogen) atoms. The largest absolute Gasteiger partial charge is 0.496 e. The number of methoxy groups -OCH3 is 1. The Morgan fingerprint density at radius 3 is 2.25 bits per heavy atom. The van der Waals surface area contributed by atoms with E-state index in [9.17, 15) is 9.59 Å². The van der Waals surface area contributed by atoms with Gasteiger partial charge in [0.15, 0.2) is 0 Å². The maximum atomic E-state index is 12.7. The van der Waals surface area contributed by atoms with Crippen LogP contribution in [0.4, 0.5) is 11.4 Å². The summed E-state index contributed by atoms with van der Waals surface area (Å²) in [6, 6.07) is 22.0. The third kappa shape index (κ3) is 4.86. The van der Waals surface area contributed by atoms with Gasteiger partial charge in [-0.15, -0.1) is 0 Å². The highest BCUT2D eigenvalue weighted by Gasteiger charge is 2.22. The van der Waals surface area contributed by atoms with Crippen molar-refractivity contribution in [2.45, 2.75) is 0 Å². The molecule has 164 valence electrons. The minimum absolute atomic E-state index is 0.0692. The summed E-state index contributed by atoms with van der Waals surface area (Å²) < 4.78 is 5.26. The molecular weight excluding hydrogens is 426 g/mol. The summed E-state index contributed by atoms with van der Waals surface area (Å²) in [6.07, 6.45) is 0. The Labute approximate surface area is 192 Å². The molecule has 0 radical (unpaired) electrons. The van der Waals surface area contributed by atoms with Crippen LogP contribution in [-0.2, 0) is 0 Å². The number of amides is 2. The highest BCUT2D eigenvalue weighted by Crippen LogP contribution is 2.25. The number of nitrogens with one attached hydrogen (secondary N) is 1. The Hall–Kier alpha value is -3.51. The fourth-order valence-corrected chi connectivity index (χ4v) is 3.91. The van der Waals surface area contributed by atoms with E-state index in [1.807, 2.05) is 59.5 Å². The molecule has 7 heteroatoms. The zero-order valence-corrected chi connectivity index (χ0v) is 18.5. The number of ether oxygens (including phenoxy) is 1. The molecule has 2 amide bonds. The molecule has 0 aromatic heterocycles. The molecule has 1 N–H and O–H groups in total. The van der Waals surface area contributed by atoms with Gasteiger partial charge in [-0.1, -0.05) is 29.8 Å². The number of nitrogens with zero attached hydrogens (tertiary/aromatic N) is 2. The van der Waals surface area contributed by atoms with Crippen LogP contribution in [0.3, 0.4) is 0 Å². The summed E-state index contributed by atoms with van der Waals surface area (Å²) >= 11 is 6.03. The monoisotopic (exact) mass is 449 g/mol. The highest BCUT2D eigenvalue weighted by molar-refractivity contribution is 6.31. The number of hydrogen-bond acceptors (Lipinski definition) is 4. The molecule has 1 aliphatic rings. The Bertz CT molecular complexity index is 1100. The summed E-state index contributed by atoms with van der Waals surface area (Å²) in [5.74, 6) is 0.247. The van der Waals surface area contributed by atoms with Crippen LogP contribution in [0.2, 0.25) is 5.02 Å². The van der Waals surface area contributed by atoms with Crippen LogP contribution < -0.4 is 15.0 Å². The van der Waals surface area contributed by atoms with Gasteiger partial charge in [0.1, 0.15) is 5.75 Å². The van der Waals surface area contributed by atoms with Crippen molar-refractivity contribution >= 4 is 34.8 Å². The summed E-state index contributed by atoms with van der Waals surface area (Å²) in [7, 11) is 1.52. The number of benzene rings is 3. The molecule has 0 aliphatic carbocycles. The Morgan fingerprint density at radius 1 is 0.906 bits per heavy atom. The second-order valence-corrected chi connectivity index (χ2v) is 7.93. The quantitative estimate of drug-likeness (QED) is 0.620. The van der Waals surface area contributed by atoms with Gasteiger partial charge in [0.2, 0.25) is 0 Å². The van der Waals surface area contributed by atoms with Crippen molar-refractivity contribution in [2.75, 3.05) is 43.5 Å². The van der Waals surface area contributed by atoms with Crippen LogP contribution in [0.5, 0.6) is 5.75 Å². The van der Waals surface area contributed by atoms with Crippen LogP contribution in [0, 0.1) is 0 Å². The van der Waals surface area contributed by atoms with Crippen LogP contribution >= 0.6 is 11.6 Å². The topological polar surface area (TPSA) is 61.9 Å². The lowest BCUT2D eigenvalue weighted by Crippen LogP contribution is -2.48. The SMILES string of the molecule is COc1ccc(Cl)cc1C(=O)Nc1ccc(N2CCN(C(=O)c3ccccc3)CC2)cc1. The van der Waals surface area contributed by atoms with Crippen molar-refractivity contribution < 1.29 is 14.3 Å². The second-order valence-electron chi connectivity index (χ2n) is 7.49. The Morgan fingerprint density at radius 2 is 1.59 bits per heavy atom. The van der Waals surface area contributed by atoms with E-state index in [2.05, 4.69) is 10.2 Å². The number of piperazine rings is 1. The number of carbonyl (C=O) groups is 2. The van der Waals surface area contributed by atoms with Gasteiger partial charge in [0, 0.05) is 48.1 Å². The molecule has 1 heterocycles. The minimum Gasteiger partial charge on any atom is -0.496 e.